The molecule has 1 amide bonds. The molecule has 0 rings (SSSR count). The monoisotopic (exact) mass is 263 g/mol. The number of carbonyl (C=O) groups excluding carboxylic acids is 1. The molecule has 0 saturated heterocycles. The van der Waals surface area contributed by atoms with Gasteiger partial charge in [-0.3, -0.25) is 14.4 Å². The average Bonchev–Trinajstić information content (AvgIpc) is 2.32. The molecular formula is C10H21N3O5. The first kappa shape index (κ1) is 18.7. The SMILES string of the molecule is NCC(=O)NCC(=O)O.NCCCCCC(=O)O. The van der Waals surface area contributed by atoms with Crippen molar-refractivity contribution in [3.8, 4) is 0 Å². The van der Waals surface area contributed by atoms with Gasteiger partial charge >= 0.3 is 11.9 Å². The van der Waals surface area contributed by atoms with E-state index in [4.69, 9.17) is 21.7 Å². The Labute approximate surface area is 105 Å². The van der Waals surface area contributed by atoms with Crippen molar-refractivity contribution in [3.05, 3.63) is 0 Å². The van der Waals surface area contributed by atoms with Crippen LogP contribution in [0.3, 0.4) is 0 Å². The number of hydrogen-bond donors (Lipinski definition) is 5. The summed E-state index contributed by atoms with van der Waals surface area (Å²) in [5.41, 5.74) is 10.1. The number of nitrogens with two attached hydrogens (primary N) is 2. The highest BCUT2D eigenvalue weighted by Gasteiger charge is 1.98. The summed E-state index contributed by atoms with van der Waals surface area (Å²) >= 11 is 0. The van der Waals surface area contributed by atoms with E-state index in [1.807, 2.05) is 0 Å². The van der Waals surface area contributed by atoms with Crippen molar-refractivity contribution in [3.63, 3.8) is 0 Å². The van der Waals surface area contributed by atoms with Gasteiger partial charge in [-0.15, -0.1) is 0 Å². The Balaban J connectivity index is 0. The number of carboxylic acids is 2. The summed E-state index contributed by atoms with van der Waals surface area (Å²) in [6.45, 7) is 0.128. The Morgan fingerprint density at radius 3 is 1.94 bits per heavy atom. The first-order valence-electron chi connectivity index (χ1n) is 5.54. The molecule has 0 aliphatic carbocycles. The summed E-state index contributed by atoms with van der Waals surface area (Å²) in [7, 11) is 0. The molecule has 0 atom stereocenters. The van der Waals surface area contributed by atoms with Crippen LogP contribution in [-0.4, -0.2) is 47.7 Å². The summed E-state index contributed by atoms with van der Waals surface area (Å²) in [5.74, 6) is -2.25. The number of hydrogen-bond acceptors (Lipinski definition) is 5. The summed E-state index contributed by atoms with van der Waals surface area (Å²) in [4.78, 5) is 29.9. The van der Waals surface area contributed by atoms with E-state index in [0.29, 0.717) is 6.54 Å². The highest BCUT2D eigenvalue weighted by Crippen LogP contribution is 1.97. The van der Waals surface area contributed by atoms with Crippen LogP contribution >= 0.6 is 0 Å². The quantitative estimate of drug-likeness (QED) is 0.342. The zero-order chi connectivity index (χ0) is 14.4. The number of unbranched alkanes of at least 4 members (excludes halogenated alkanes) is 2. The first-order chi connectivity index (χ1) is 8.43. The number of carboxylic acid groups (broad SMARTS) is 2. The minimum atomic E-state index is -1.07. The lowest BCUT2D eigenvalue weighted by Gasteiger charge is -1.95. The van der Waals surface area contributed by atoms with Gasteiger partial charge in [-0.2, -0.15) is 0 Å². The van der Waals surface area contributed by atoms with Crippen molar-refractivity contribution in [2.75, 3.05) is 19.6 Å². The van der Waals surface area contributed by atoms with Crippen LogP contribution in [0.4, 0.5) is 0 Å². The topological polar surface area (TPSA) is 156 Å². The van der Waals surface area contributed by atoms with Crippen LogP contribution in [0.1, 0.15) is 25.7 Å². The molecule has 7 N–H and O–H groups in total. The normalized spacial score (nSPS) is 9.00. The summed E-state index contributed by atoms with van der Waals surface area (Å²) < 4.78 is 0. The van der Waals surface area contributed by atoms with Gasteiger partial charge in [0.1, 0.15) is 6.54 Å². The van der Waals surface area contributed by atoms with E-state index in [1.54, 1.807) is 0 Å². The zero-order valence-electron chi connectivity index (χ0n) is 10.2. The Hall–Kier alpha value is -1.67. The van der Waals surface area contributed by atoms with Gasteiger partial charge in [0.2, 0.25) is 5.91 Å². The van der Waals surface area contributed by atoms with Crippen molar-refractivity contribution in [2.24, 2.45) is 11.5 Å². The second-order valence-corrected chi connectivity index (χ2v) is 3.37. The number of aliphatic carboxylic acids is 2. The van der Waals surface area contributed by atoms with Crippen LogP contribution in [0.5, 0.6) is 0 Å². The zero-order valence-corrected chi connectivity index (χ0v) is 10.2. The smallest absolute Gasteiger partial charge is 0.322 e. The molecule has 0 aromatic carbocycles. The number of carbonyl (C=O) groups is 3. The maximum atomic E-state index is 10.2. The summed E-state index contributed by atoms with van der Waals surface area (Å²) in [6.07, 6.45) is 2.91. The highest BCUT2D eigenvalue weighted by atomic mass is 16.4. The summed E-state index contributed by atoms with van der Waals surface area (Å²) in [6, 6.07) is 0. The maximum Gasteiger partial charge on any atom is 0.322 e. The first-order valence-corrected chi connectivity index (χ1v) is 5.54. The molecule has 0 aliphatic rings. The molecule has 18 heavy (non-hydrogen) atoms. The van der Waals surface area contributed by atoms with Crippen LogP contribution < -0.4 is 16.8 Å². The van der Waals surface area contributed by atoms with Gasteiger partial charge in [-0.25, -0.2) is 0 Å². The van der Waals surface area contributed by atoms with E-state index in [2.05, 4.69) is 5.32 Å². The molecule has 106 valence electrons. The van der Waals surface area contributed by atoms with Gasteiger partial charge in [-0.1, -0.05) is 6.42 Å². The second kappa shape index (κ2) is 13.4. The van der Waals surface area contributed by atoms with Gasteiger partial charge in [0.15, 0.2) is 0 Å². The fraction of sp³-hybridized carbons (Fsp3) is 0.700. The van der Waals surface area contributed by atoms with Gasteiger partial charge < -0.3 is 27.0 Å². The fourth-order valence-electron chi connectivity index (χ4n) is 0.844. The minimum Gasteiger partial charge on any atom is -0.481 e. The van der Waals surface area contributed by atoms with E-state index < -0.39 is 17.8 Å². The van der Waals surface area contributed by atoms with Crippen molar-refractivity contribution in [2.45, 2.75) is 25.7 Å². The minimum absolute atomic E-state index is 0.173. The van der Waals surface area contributed by atoms with E-state index in [-0.39, 0.29) is 19.5 Å². The molecule has 0 aromatic rings. The van der Waals surface area contributed by atoms with Crippen molar-refractivity contribution in [1.82, 2.24) is 5.32 Å². The number of rotatable bonds is 8. The van der Waals surface area contributed by atoms with Gasteiger partial charge in [0.05, 0.1) is 6.54 Å². The van der Waals surface area contributed by atoms with Crippen LogP contribution in [0.2, 0.25) is 0 Å². The van der Waals surface area contributed by atoms with E-state index in [1.165, 1.54) is 0 Å². The Morgan fingerprint density at radius 1 is 0.944 bits per heavy atom. The molecule has 0 aliphatic heterocycles. The third kappa shape index (κ3) is 19.8. The lowest BCUT2D eigenvalue weighted by molar-refractivity contribution is -0.138. The molecular weight excluding hydrogens is 242 g/mol. The second-order valence-electron chi connectivity index (χ2n) is 3.37. The third-order valence-corrected chi connectivity index (χ3v) is 1.72. The summed E-state index contributed by atoms with van der Waals surface area (Å²) in [5, 5.41) is 18.3. The van der Waals surface area contributed by atoms with E-state index >= 15 is 0 Å². The molecule has 0 bridgehead atoms. The van der Waals surface area contributed by atoms with Crippen molar-refractivity contribution in [1.29, 1.82) is 0 Å². The predicted molar refractivity (Wildman–Crippen MR) is 64.9 cm³/mol. The average molecular weight is 263 g/mol. The van der Waals surface area contributed by atoms with Crippen molar-refractivity contribution < 1.29 is 24.6 Å². The van der Waals surface area contributed by atoms with Crippen LogP contribution in [-0.2, 0) is 14.4 Å². The van der Waals surface area contributed by atoms with Gasteiger partial charge in [0.25, 0.3) is 0 Å². The lowest BCUT2D eigenvalue weighted by atomic mass is 10.2. The molecule has 0 aromatic heterocycles. The Kier molecular flexibility index (Phi) is 13.9. The largest absolute Gasteiger partial charge is 0.481 e. The Morgan fingerprint density at radius 2 is 1.56 bits per heavy atom. The van der Waals surface area contributed by atoms with Crippen LogP contribution in [0.15, 0.2) is 0 Å². The fourth-order valence-corrected chi connectivity index (χ4v) is 0.844. The maximum absolute atomic E-state index is 10.2. The molecule has 8 nitrogen and oxygen atoms in total. The van der Waals surface area contributed by atoms with E-state index in [0.717, 1.165) is 19.3 Å². The molecule has 0 unspecified atom stereocenters. The van der Waals surface area contributed by atoms with Crippen LogP contribution in [0.25, 0.3) is 0 Å². The van der Waals surface area contributed by atoms with Gasteiger partial charge in [0, 0.05) is 6.42 Å². The third-order valence-electron chi connectivity index (χ3n) is 1.72. The molecule has 0 heterocycles. The van der Waals surface area contributed by atoms with Crippen molar-refractivity contribution >= 4 is 17.8 Å². The molecule has 8 heteroatoms. The molecule has 0 spiro atoms. The molecule has 0 saturated carbocycles. The predicted octanol–water partition coefficient (Wildman–Crippen LogP) is -1.26. The van der Waals surface area contributed by atoms with E-state index in [9.17, 15) is 14.4 Å². The number of nitrogens with one attached hydrogen (secondary N) is 1. The highest BCUT2D eigenvalue weighted by molar-refractivity contribution is 5.82. The Bertz CT molecular complexity index is 258. The molecule has 0 radical (unpaired) electrons. The lowest BCUT2D eigenvalue weighted by Crippen LogP contribution is -2.34. The molecule has 0 fully saturated rings. The van der Waals surface area contributed by atoms with Gasteiger partial charge in [-0.05, 0) is 19.4 Å². The van der Waals surface area contributed by atoms with Crippen LogP contribution in [0, 0.1) is 0 Å². The standard InChI is InChI=1S/C6H13NO2.C4H8N2O3/c7-5-3-1-2-4-6(8)9;5-1-3(7)6-2-4(8)9/h1-5,7H2,(H,8,9);1-2,5H2,(H,6,7)(H,8,9). The number of amides is 1.